The summed E-state index contributed by atoms with van der Waals surface area (Å²) in [6.07, 6.45) is 0. The van der Waals surface area contributed by atoms with Crippen LogP contribution in [0.2, 0.25) is 5.02 Å². The first kappa shape index (κ1) is 15.7. The van der Waals surface area contributed by atoms with Gasteiger partial charge in [0.1, 0.15) is 11.6 Å². The summed E-state index contributed by atoms with van der Waals surface area (Å²) in [5, 5.41) is -0.187. The van der Waals surface area contributed by atoms with Gasteiger partial charge in [0.15, 0.2) is 0 Å². The smallest absolute Gasteiger partial charge is 0.402 e. The summed E-state index contributed by atoms with van der Waals surface area (Å²) in [7, 11) is -0.942. The molecule has 0 aromatic heterocycles. The maximum Gasteiger partial charge on any atom is 0.480 e. The lowest BCUT2D eigenvalue weighted by Crippen LogP contribution is -2.41. The zero-order chi connectivity index (χ0) is 15.3. The standard InChI is InChI=1S/C13H17BClF2NO2/c1-12(2)13(3,4)20-14(19-12)11(18)9-8(16)6-5-7(15)10(9)17/h5-6,11H,18H2,1-4H3/t11-/m0/s1. The molecule has 1 saturated heterocycles. The van der Waals surface area contributed by atoms with E-state index < -0.39 is 35.9 Å². The van der Waals surface area contributed by atoms with Crippen molar-refractivity contribution >= 4 is 18.7 Å². The molecule has 20 heavy (non-hydrogen) atoms. The van der Waals surface area contributed by atoms with Gasteiger partial charge in [0.2, 0.25) is 0 Å². The normalized spacial score (nSPS) is 22.1. The molecule has 1 atom stereocenters. The van der Waals surface area contributed by atoms with Gasteiger partial charge in [-0.05, 0) is 39.8 Å². The lowest BCUT2D eigenvalue weighted by atomic mass is 9.74. The third-order valence-electron chi connectivity index (χ3n) is 3.98. The number of halogens is 3. The average Bonchev–Trinajstić information content (AvgIpc) is 2.54. The molecule has 1 aromatic rings. The van der Waals surface area contributed by atoms with Crippen molar-refractivity contribution in [1.82, 2.24) is 0 Å². The number of nitrogens with two attached hydrogens (primary N) is 1. The van der Waals surface area contributed by atoms with Crippen LogP contribution in [-0.2, 0) is 9.31 Å². The summed E-state index contributed by atoms with van der Waals surface area (Å²) in [5.74, 6) is -2.75. The van der Waals surface area contributed by atoms with E-state index in [0.717, 1.165) is 12.1 Å². The summed E-state index contributed by atoms with van der Waals surface area (Å²) in [6, 6.07) is 2.22. The van der Waals surface area contributed by atoms with E-state index in [2.05, 4.69) is 0 Å². The van der Waals surface area contributed by atoms with E-state index in [4.69, 9.17) is 26.6 Å². The van der Waals surface area contributed by atoms with Gasteiger partial charge in [0.05, 0.1) is 22.2 Å². The zero-order valence-electron chi connectivity index (χ0n) is 11.8. The Bertz CT molecular complexity index is 523. The monoisotopic (exact) mass is 303 g/mol. The fourth-order valence-electron chi connectivity index (χ4n) is 2.02. The predicted octanol–water partition coefficient (Wildman–Crippen LogP) is 3.25. The molecule has 0 bridgehead atoms. The van der Waals surface area contributed by atoms with Crippen LogP contribution in [0.5, 0.6) is 0 Å². The highest BCUT2D eigenvalue weighted by molar-refractivity contribution is 6.47. The SMILES string of the molecule is CC1(C)OB([C@@H](N)c2c(F)ccc(Cl)c2F)OC1(C)C. The van der Waals surface area contributed by atoms with E-state index in [1.807, 2.05) is 27.7 Å². The largest absolute Gasteiger partial charge is 0.480 e. The number of hydrogen-bond acceptors (Lipinski definition) is 3. The van der Waals surface area contributed by atoms with Crippen LogP contribution in [-0.4, -0.2) is 18.3 Å². The van der Waals surface area contributed by atoms with Crippen LogP contribution in [0, 0.1) is 11.6 Å². The molecule has 1 aromatic carbocycles. The Labute approximate surface area is 122 Å². The topological polar surface area (TPSA) is 44.5 Å². The second kappa shape index (κ2) is 4.95. The van der Waals surface area contributed by atoms with Gasteiger partial charge in [0, 0.05) is 5.56 Å². The van der Waals surface area contributed by atoms with Gasteiger partial charge in [-0.3, -0.25) is 0 Å². The molecule has 0 spiro atoms. The minimum absolute atomic E-state index is 0.187. The van der Waals surface area contributed by atoms with E-state index in [-0.39, 0.29) is 10.6 Å². The fraction of sp³-hybridized carbons (Fsp3) is 0.538. The van der Waals surface area contributed by atoms with Crippen LogP contribution in [0.25, 0.3) is 0 Å². The lowest BCUT2D eigenvalue weighted by Gasteiger charge is -2.32. The molecule has 2 rings (SSSR count). The Morgan fingerprint density at radius 2 is 1.65 bits per heavy atom. The second-order valence-corrected chi connectivity index (χ2v) is 6.31. The molecule has 1 aliphatic rings. The molecule has 1 aliphatic heterocycles. The molecule has 0 radical (unpaired) electrons. The molecule has 0 saturated carbocycles. The molecular formula is C13H17BClF2NO2. The molecule has 0 aliphatic carbocycles. The molecule has 0 amide bonds. The van der Waals surface area contributed by atoms with Gasteiger partial charge < -0.3 is 15.0 Å². The molecular weight excluding hydrogens is 286 g/mol. The van der Waals surface area contributed by atoms with Crippen LogP contribution in [0.1, 0.15) is 39.2 Å². The predicted molar refractivity (Wildman–Crippen MR) is 74.4 cm³/mol. The zero-order valence-corrected chi connectivity index (χ0v) is 12.6. The maximum absolute atomic E-state index is 14.0. The van der Waals surface area contributed by atoms with E-state index in [1.165, 1.54) is 0 Å². The molecule has 0 unspecified atom stereocenters. The van der Waals surface area contributed by atoms with E-state index in [9.17, 15) is 8.78 Å². The van der Waals surface area contributed by atoms with Gasteiger partial charge in [-0.25, -0.2) is 8.78 Å². The maximum atomic E-state index is 14.0. The fourth-order valence-corrected chi connectivity index (χ4v) is 2.18. The van der Waals surface area contributed by atoms with Crippen LogP contribution >= 0.6 is 11.6 Å². The highest BCUT2D eigenvalue weighted by Gasteiger charge is 2.54. The highest BCUT2D eigenvalue weighted by atomic mass is 35.5. The van der Waals surface area contributed by atoms with E-state index in [0.29, 0.717) is 0 Å². The van der Waals surface area contributed by atoms with Crippen molar-refractivity contribution < 1.29 is 18.1 Å². The highest BCUT2D eigenvalue weighted by Crippen LogP contribution is 2.40. The third-order valence-corrected chi connectivity index (χ3v) is 4.27. The van der Waals surface area contributed by atoms with Crippen molar-refractivity contribution in [2.75, 3.05) is 0 Å². The van der Waals surface area contributed by atoms with Gasteiger partial charge in [0.25, 0.3) is 0 Å². The van der Waals surface area contributed by atoms with Gasteiger partial charge in [-0.2, -0.15) is 0 Å². The Morgan fingerprint density at radius 3 is 2.15 bits per heavy atom. The Morgan fingerprint density at radius 1 is 1.15 bits per heavy atom. The van der Waals surface area contributed by atoms with Gasteiger partial charge >= 0.3 is 7.12 Å². The Kier molecular flexibility index (Phi) is 3.88. The Balaban J connectivity index is 2.35. The second-order valence-electron chi connectivity index (χ2n) is 5.91. The third kappa shape index (κ3) is 2.46. The average molecular weight is 304 g/mol. The van der Waals surface area contributed by atoms with Crippen LogP contribution in [0.4, 0.5) is 8.78 Å². The molecule has 110 valence electrons. The van der Waals surface area contributed by atoms with Crippen molar-refractivity contribution in [3.8, 4) is 0 Å². The summed E-state index contributed by atoms with van der Waals surface area (Å²) in [4.78, 5) is 0. The molecule has 1 fully saturated rings. The summed E-state index contributed by atoms with van der Waals surface area (Å²) in [6.45, 7) is 7.35. The number of rotatable bonds is 2. The van der Waals surface area contributed by atoms with Crippen LogP contribution in [0.3, 0.4) is 0 Å². The molecule has 7 heteroatoms. The van der Waals surface area contributed by atoms with E-state index in [1.54, 1.807) is 0 Å². The summed E-state index contributed by atoms with van der Waals surface area (Å²) in [5.41, 5.74) is 4.35. The summed E-state index contributed by atoms with van der Waals surface area (Å²) >= 11 is 5.67. The minimum Gasteiger partial charge on any atom is -0.402 e. The van der Waals surface area contributed by atoms with Crippen molar-refractivity contribution in [3.63, 3.8) is 0 Å². The first-order valence-corrected chi connectivity index (χ1v) is 6.69. The summed E-state index contributed by atoms with van der Waals surface area (Å²) < 4.78 is 39.2. The van der Waals surface area contributed by atoms with Crippen molar-refractivity contribution in [2.45, 2.75) is 44.8 Å². The number of hydrogen-bond donors (Lipinski definition) is 1. The van der Waals surface area contributed by atoms with Crippen molar-refractivity contribution in [1.29, 1.82) is 0 Å². The molecule has 3 nitrogen and oxygen atoms in total. The van der Waals surface area contributed by atoms with E-state index >= 15 is 0 Å². The van der Waals surface area contributed by atoms with Gasteiger partial charge in [-0.1, -0.05) is 11.6 Å². The van der Waals surface area contributed by atoms with Gasteiger partial charge in [-0.15, -0.1) is 0 Å². The molecule has 2 N–H and O–H groups in total. The minimum atomic E-state index is -1.10. The molecule has 1 heterocycles. The van der Waals surface area contributed by atoms with Crippen LogP contribution in [0.15, 0.2) is 12.1 Å². The van der Waals surface area contributed by atoms with Crippen molar-refractivity contribution in [2.24, 2.45) is 5.73 Å². The first-order chi connectivity index (χ1) is 9.07. The van der Waals surface area contributed by atoms with Crippen LogP contribution < -0.4 is 5.73 Å². The Hall–Kier alpha value is -0.685. The lowest BCUT2D eigenvalue weighted by molar-refractivity contribution is 0.00578. The quantitative estimate of drug-likeness (QED) is 0.674. The number of benzene rings is 1. The van der Waals surface area contributed by atoms with Crippen molar-refractivity contribution in [3.05, 3.63) is 34.4 Å². The first-order valence-electron chi connectivity index (χ1n) is 6.31.